The molecule has 2 aromatic carbocycles. The van der Waals surface area contributed by atoms with Crippen LogP contribution in [0.25, 0.3) is 21.8 Å². The van der Waals surface area contributed by atoms with Gasteiger partial charge in [0.25, 0.3) is 5.91 Å². The molecule has 0 saturated carbocycles. The highest BCUT2D eigenvalue weighted by Crippen LogP contribution is 2.28. The molecular formula is C21H17N3O3. The zero-order valence-electron chi connectivity index (χ0n) is 14.6. The molecule has 27 heavy (non-hydrogen) atoms. The number of para-hydroxylation sites is 1. The van der Waals surface area contributed by atoms with Crippen molar-refractivity contribution in [2.24, 2.45) is 0 Å². The summed E-state index contributed by atoms with van der Waals surface area (Å²) in [5.41, 5.74) is 2.70. The summed E-state index contributed by atoms with van der Waals surface area (Å²) >= 11 is 0. The number of ketones is 1. The Balaban J connectivity index is 1.73. The molecule has 0 bridgehead atoms. The lowest BCUT2D eigenvalue weighted by molar-refractivity contribution is 0.0946. The van der Waals surface area contributed by atoms with E-state index in [-0.39, 0.29) is 35.4 Å². The predicted molar refractivity (Wildman–Crippen MR) is 103 cm³/mol. The third-order valence-corrected chi connectivity index (χ3v) is 4.43. The smallest absolute Gasteiger partial charge is 0.270 e. The minimum absolute atomic E-state index is 0.138. The Morgan fingerprint density at radius 1 is 1.07 bits per heavy atom. The van der Waals surface area contributed by atoms with Crippen LogP contribution in [0.15, 0.2) is 54.6 Å². The van der Waals surface area contributed by atoms with Crippen LogP contribution in [0, 0.1) is 0 Å². The molecule has 2 aromatic heterocycles. The monoisotopic (exact) mass is 359 g/mol. The normalized spacial score (nSPS) is 11.0. The zero-order chi connectivity index (χ0) is 19.0. The third-order valence-electron chi connectivity index (χ3n) is 4.43. The van der Waals surface area contributed by atoms with Gasteiger partial charge in [0, 0.05) is 29.8 Å². The molecule has 4 aromatic rings. The average Bonchev–Trinajstić information content (AvgIpc) is 3.04. The number of carbonyl (C=O) groups excluding carboxylic acids is 2. The lowest BCUT2D eigenvalue weighted by Gasteiger charge is -2.07. The second-order valence-corrected chi connectivity index (χ2v) is 6.36. The largest absolute Gasteiger partial charge is 0.508 e. The second kappa shape index (κ2) is 6.57. The molecule has 1 amide bonds. The molecule has 6 heteroatoms. The predicted octanol–water partition coefficient (Wildman–Crippen LogP) is 3.55. The number of hydrogen-bond acceptors (Lipinski definition) is 4. The number of nitrogens with zero attached hydrogens (tertiary/aromatic N) is 1. The van der Waals surface area contributed by atoms with E-state index in [1.54, 1.807) is 30.3 Å². The number of amides is 1. The molecule has 2 heterocycles. The Kier molecular flexibility index (Phi) is 4.08. The fraction of sp³-hybridized carbons (Fsp3) is 0.0952. The van der Waals surface area contributed by atoms with E-state index in [9.17, 15) is 14.7 Å². The lowest BCUT2D eigenvalue weighted by atomic mass is 10.1. The molecule has 0 aliphatic rings. The molecular weight excluding hydrogens is 342 g/mol. The van der Waals surface area contributed by atoms with Crippen LogP contribution in [0.2, 0.25) is 0 Å². The number of H-pyrrole nitrogens is 1. The minimum Gasteiger partial charge on any atom is -0.508 e. The van der Waals surface area contributed by atoms with E-state index in [0.717, 1.165) is 21.9 Å². The first kappa shape index (κ1) is 16.8. The van der Waals surface area contributed by atoms with Crippen LogP contribution in [0.4, 0.5) is 0 Å². The van der Waals surface area contributed by atoms with Gasteiger partial charge in [0.1, 0.15) is 17.1 Å². The maximum atomic E-state index is 12.6. The molecule has 0 spiro atoms. The Bertz CT molecular complexity index is 1190. The first-order chi connectivity index (χ1) is 13.0. The molecule has 0 aliphatic heterocycles. The van der Waals surface area contributed by atoms with E-state index >= 15 is 0 Å². The van der Waals surface area contributed by atoms with Crippen LogP contribution in [-0.2, 0) is 6.54 Å². The van der Waals surface area contributed by atoms with Crippen LogP contribution in [0.3, 0.4) is 0 Å². The van der Waals surface area contributed by atoms with Crippen molar-refractivity contribution in [1.82, 2.24) is 15.3 Å². The van der Waals surface area contributed by atoms with Crippen molar-refractivity contribution < 1.29 is 14.7 Å². The average molecular weight is 359 g/mol. The highest BCUT2D eigenvalue weighted by molar-refractivity contribution is 6.15. The summed E-state index contributed by atoms with van der Waals surface area (Å²) in [4.78, 5) is 32.2. The number of phenols is 1. The van der Waals surface area contributed by atoms with Gasteiger partial charge >= 0.3 is 0 Å². The number of fused-ring (bicyclic) bond motifs is 3. The molecule has 0 unspecified atom stereocenters. The minimum atomic E-state index is -0.381. The lowest BCUT2D eigenvalue weighted by Crippen LogP contribution is -2.24. The van der Waals surface area contributed by atoms with Gasteiger partial charge in [-0.25, -0.2) is 4.98 Å². The van der Waals surface area contributed by atoms with Gasteiger partial charge in [-0.3, -0.25) is 9.59 Å². The quantitative estimate of drug-likeness (QED) is 0.486. The van der Waals surface area contributed by atoms with Gasteiger partial charge in [-0.1, -0.05) is 30.3 Å². The molecule has 0 radical (unpaired) electrons. The number of nitrogens with one attached hydrogen (secondary N) is 2. The van der Waals surface area contributed by atoms with Crippen molar-refractivity contribution in [1.29, 1.82) is 0 Å². The molecule has 3 N–H and O–H groups in total. The number of pyridine rings is 1. The fourth-order valence-electron chi connectivity index (χ4n) is 3.16. The number of rotatable bonds is 4. The van der Waals surface area contributed by atoms with Gasteiger partial charge < -0.3 is 15.4 Å². The summed E-state index contributed by atoms with van der Waals surface area (Å²) in [6.45, 7) is 1.68. The maximum absolute atomic E-state index is 12.6. The number of aromatic hydroxyl groups is 1. The van der Waals surface area contributed by atoms with Crippen molar-refractivity contribution in [3.63, 3.8) is 0 Å². The summed E-state index contributed by atoms with van der Waals surface area (Å²) in [5.74, 6) is -0.457. The molecule has 0 saturated heterocycles. The number of Topliss-reactive ketones (excluding diaryl/α,β-unsaturated/α-hetero) is 1. The number of benzene rings is 2. The highest BCUT2D eigenvalue weighted by atomic mass is 16.3. The summed E-state index contributed by atoms with van der Waals surface area (Å²) in [6.07, 6.45) is 0. The number of phenolic OH excluding ortho intramolecular Hbond substituents is 1. The summed E-state index contributed by atoms with van der Waals surface area (Å²) in [5, 5.41) is 14.0. The molecule has 134 valence electrons. The van der Waals surface area contributed by atoms with E-state index in [2.05, 4.69) is 15.3 Å². The highest BCUT2D eigenvalue weighted by Gasteiger charge is 2.18. The maximum Gasteiger partial charge on any atom is 0.270 e. The molecule has 0 atom stereocenters. The third kappa shape index (κ3) is 3.13. The van der Waals surface area contributed by atoms with Gasteiger partial charge in [0.15, 0.2) is 5.78 Å². The van der Waals surface area contributed by atoms with Crippen molar-refractivity contribution in [2.45, 2.75) is 13.5 Å². The van der Waals surface area contributed by atoms with Crippen LogP contribution in [0.1, 0.15) is 33.5 Å². The Hall–Kier alpha value is -3.67. The molecule has 0 fully saturated rings. The van der Waals surface area contributed by atoms with Crippen molar-refractivity contribution in [2.75, 3.05) is 0 Å². The van der Waals surface area contributed by atoms with Gasteiger partial charge in [-0.15, -0.1) is 0 Å². The van der Waals surface area contributed by atoms with Gasteiger partial charge in [-0.05, 0) is 29.8 Å². The van der Waals surface area contributed by atoms with Gasteiger partial charge in [0.2, 0.25) is 0 Å². The summed E-state index contributed by atoms with van der Waals surface area (Å²) in [7, 11) is 0. The van der Waals surface area contributed by atoms with Crippen molar-refractivity contribution in [3.05, 3.63) is 71.5 Å². The number of hydrogen-bond donors (Lipinski definition) is 3. The summed E-state index contributed by atoms with van der Waals surface area (Å²) < 4.78 is 0. The van der Waals surface area contributed by atoms with Gasteiger partial charge in [-0.2, -0.15) is 0 Å². The fourth-order valence-corrected chi connectivity index (χ4v) is 3.16. The van der Waals surface area contributed by atoms with E-state index in [1.807, 2.05) is 24.3 Å². The number of aromatic amines is 1. The zero-order valence-corrected chi connectivity index (χ0v) is 14.6. The SMILES string of the molecule is CC(=O)c1nc(C(=O)NCc2cccc(O)c2)cc2c1[nH]c1ccccc12. The molecule has 6 nitrogen and oxygen atoms in total. The van der Waals surface area contributed by atoms with E-state index in [0.29, 0.717) is 5.52 Å². The molecule has 4 rings (SSSR count). The van der Waals surface area contributed by atoms with Crippen LogP contribution >= 0.6 is 0 Å². The van der Waals surface area contributed by atoms with Crippen molar-refractivity contribution >= 4 is 33.5 Å². The van der Waals surface area contributed by atoms with E-state index in [4.69, 9.17) is 0 Å². The van der Waals surface area contributed by atoms with E-state index in [1.165, 1.54) is 6.92 Å². The number of carbonyl (C=O) groups is 2. The van der Waals surface area contributed by atoms with Crippen LogP contribution in [0.5, 0.6) is 5.75 Å². The van der Waals surface area contributed by atoms with Crippen molar-refractivity contribution in [3.8, 4) is 5.75 Å². The van der Waals surface area contributed by atoms with Gasteiger partial charge in [0.05, 0.1) is 5.52 Å². The van der Waals surface area contributed by atoms with E-state index < -0.39 is 0 Å². The molecule has 0 aliphatic carbocycles. The van der Waals surface area contributed by atoms with Crippen LogP contribution < -0.4 is 5.32 Å². The number of aromatic nitrogens is 2. The Morgan fingerprint density at radius 2 is 1.89 bits per heavy atom. The first-order valence-electron chi connectivity index (χ1n) is 8.51. The summed E-state index contributed by atoms with van der Waals surface area (Å²) in [6, 6.07) is 16.0. The Labute approximate surface area is 154 Å². The van der Waals surface area contributed by atoms with Crippen LogP contribution in [-0.4, -0.2) is 26.8 Å². The standard InChI is InChI=1S/C21H17N3O3/c1-12(25)19-20-16(15-7-2-3-8-17(15)23-20)10-18(24-19)21(27)22-11-13-5-4-6-14(26)9-13/h2-10,23,26H,11H2,1H3,(H,22,27). The first-order valence-corrected chi connectivity index (χ1v) is 8.51. The second-order valence-electron chi connectivity index (χ2n) is 6.36. The Morgan fingerprint density at radius 3 is 2.67 bits per heavy atom. The topological polar surface area (TPSA) is 95.1 Å².